The monoisotopic (exact) mass is 365 g/mol. The molecule has 27 heavy (non-hydrogen) atoms. The van der Waals surface area contributed by atoms with E-state index in [2.05, 4.69) is 53.5 Å². The van der Waals surface area contributed by atoms with Gasteiger partial charge in [0.05, 0.1) is 0 Å². The van der Waals surface area contributed by atoms with Crippen LogP contribution in [-0.4, -0.2) is 37.6 Å². The van der Waals surface area contributed by atoms with Crippen molar-refractivity contribution < 1.29 is 4.79 Å². The van der Waals surface area contributed by atoms with Crippen molar-refractivity contribution in [2.24, 2.45) is 0 Å². The van der Waals surface area contributed by atoms with Crippen LogP contribution in [0, 0.1) is 6.92 Å². The molecule has 1 heterocycles. The second-order valence-electron chi connectivity index (χ2n) is 7.44. The summed E-state index contributed by atoms with van der Waals surface area (Å²) in [6.45, 7) is 5.62. The Morgan fingerprint density at radius 2 is 1.67 bits per heavy atom. The fraction of sp³-hybridized carbons (Fsp3) is 0.435. The van der Waals surface area contributed by atoms with E-state index in [4.69, 9.17) is 0 Å². The summed E-state index contributed by atoms with van der Waals surface area (Å²) in [5.74, 6) is 0. The number of rotatable bonds is 6. The van der Waals surface area contributed by atoms with Gasteiger partial charge in [0.1, 0.15) is 0 Å². The molecule has 1 aliphatic rings. The third-order valence-electron chi connectivity index (χ3n) is 5.37. The molecule has 4 heteroatoms. The van der Waals surface area contributed by atoms with Gasteiger partial charge < -0.3 is 15.1 Å². The summed E-state index contributed by atoms with van der Waals surface area (Å²) in [6, 6.07) is 16.8. The summed E-state index contributed by atoms with van der Waals surface area (Å²) in [7, 11) is 1.87. The predicted octanol–water partition coefficient (Wildman–Crippen LogP) is 4.37. The number of amides is 2. The number of nitrogens with one attached hydrogen (secondary N) is 1. The lowest BCUT2D eigenvalue weighted by atomic mass is 10.1. The largest absolute Gasteiger partial charge is 0.371 e. The number of piperidine rings is 1. The summed E-state index contributed by atoms with van der Waals surface area (Å²) in [5, 5.41) is 3.05. The zero-order valence-corrected chi connectivity index (χ0v) is 16.6. The van der Waals surface area contributed by atoms with Crippen LogP contribution in [0.15, 0.2) is 48.5 Å². The fourth-order valence-corrected chi connectivity index (χ4v) is 3.74. The van der Waals surface area contributed by atoms with E-state index in [-0.39, 0.29) is 6.03 Å². The first-order chi connectivity index (χ1) is 13.1. The average Bonchev–Trinajstić information content (AvgIpc) is 2.70. The third-order valence-corrected chi connectivity index (χ3v) is 5.37. The van der Waals surface area contributed by atoms with Crippen LogP contribution in [0.5, 0.6) is 0 Å². The van der Waals surface area contributed by atoms with E-state index in [1.807, 2.05) is 19.2 Å². The van der Waals surface area contributed by atoms with Crippen LogP contribution >= 0.6 is 0 Å². The minimum absolute atomic E-state index is 0.0166. The van der Waals surface area contributed by atoms with Gasteiger partial charge >= 0.3 is 6.03 Å². The normalized spacial score (nSPS) is 14.1. The quantitative estimate of drug-likeness (QED) is 0.825. The summed E-state index contributed by atoms with van der Waals surface area (Å²) in [6.07, 6.45) is 4.69. The van der Waals surface area contributed by atoms with Crippen molar-refractivity contribution in [2.45, 2.75) is 39.2 Å². The van der Waals surface area contributed by atoms with Crippen molar-refractivity contribution in [1.29, 1.82) is 0 Å². The average molecular weight is 366 g/mol. The van der Waals surface area contributed by atoms with Gasteiger partial charge in [-0.3, -0.25) is 0 Å². The highest BCUT2D eigenvalue weighted by Crippen LogP contribution is 2.25. The van der Waals surface area contributed by atoms with Gasteiger partial charge in [0.2, 0.25) is 0 Å². The molecule has 1 N–H and O–H groups in total. The van der Waals surface area contributed by atoms with E-state index in [1.165, 1.54) is 41.6 Å². The van der Waals surface area contributed by atoms with E-state index in [0.29, 0.717) is 13.1 Å². The lowest BCUT2D eigenvalue weighted by molar-refractivity contribution is 0.207. The van der Waals surface area contributed by atoms with Crippen LogP contribution in [0.3, 0.4) is 0 Å². The smallest absolute Gasteiger partial charge is 0.317 e. The number of aryl methyl sites for hydroxylation is 1. The van der Waals surface area contributed by atoms with E-state index in [1.54, 1.807) is 4.90 Å². The molecule has 144 valence electrons. The van der Waals surface area contributed by atoms with Gasteiger partial charge in [0.15, 0.2) is 0 Å². The zero-order chi connectivity index (χ0) is 19.1. The number of carbonyl (C=O) groups excluding carboxylic acids is 1. The molecule has 0 aliphatic carbocycles. The number of hydrogen-bond donors (Lipinski definition) is 1. The summed E-state index contributed by atoms with van der Waals surface area (Å²) in [4.78, 5) is 16.8. The molecule has 0 unspecified atom stereocenters. The van der Waals surface area contributed by atoms with Crippen LogP contribution in [0.25, 0.3) is 0 Å². The standard InChI is InChI=1S/C23H31N3O/c1-19-10-4-5-11-20(19)14-15-24-23(27)25(2)18-21-12-6-7-13-22(21)26-16-8-3-9-17-26/h4-7,10-13H,3,8-9,14-18H2,1-2H3,(H,24,27). The van der Waals surface area contributed by atoms with Crippen molar-refractivity contribution in [2.75, 3.05) is 31.6 Å². The van der Waals surface area contributed by atoms with Gasteiger partial charge in [-0.1, -0.05) is 42.5 Å². The Labute approximate surface area is 163 Å². The molecule has 4 nitrogen and oxygen atoms in total. The van der Waals surface area contributed by atoms with Crippen LogP contribution in [0.4, 0.5) is 10.5 Å². The topological polar surface area (TPSA) is 35.6 Å². The molecular formula is C23H31N3O. The van der Waals surface area contributed by atoms with Gasteiger partial charge in [0, 0.05) is 38.9 Å². The number of anilines is 1. The molecule has 2 aromatic rings. The lowest BCUT2D eigenvalue weighted by Gasteiger charge is -2.31. The van der Waals surface area contributed by atoms with Crippen LogP contribution in [0.1, 0.15) is 36.0 Å². The van der Waals surface area contributed by atoms with Crippen molar-refractivity contribution in [1.82, 2.24) is 10.2 Å². The van der Waals surface area contributed by atoms with Crippen molar-refractivity contribution in [3.63, 3.8) is 0 Å². The van der Waals surface area contributed by atoms with Gasteiger partial charge in [-0.15, -0.1) is 0 Å². The Hall–Kier alpha value is -2.49. The number of para-hydroxylation sites is 1. The number of benzene rings is 2. The molecule has 1 aliphatic heterocycles. The molecule has 0 atom stereocenters. The van der Waals surface area contributed by atoms with Crippen molar-refractivity contribution in [3.8, 4) is 0 Å². The highest BCUT2D eigenvalue weighted by atomic mass is 16.2. The van der Waals surface area contributed by atoms with Gasteiger partial charge in [0.25, 0.3) is 0 Å². The summed E-state index contributed by atoms with van der Waals surface area (Å²) in [5.41, 5.74) is 5.05. The maximum atomic E-state index is 12.5. The van der Waals surface area contributed by atoms with Crippen molar-refractivity contribution >= 4 is 11.7 Å². The molecule has 0 spiro atoms. The Kier molecular flexibility index (Phi) is 6.74. The number of hydrogen-bond acceptors (Lipinski definition) is 2. The van der Waals surface area contributed by atoms with Crippen molar-refractivity contribution in [3.05, 3.63) is 65.2 Å². The summed E-state index contributed by atoms with van der Waals surface area (Å²) >= 11 is 0. The molecule has 2 aromatic carbocycles. The van der Waals surface area contributed by atoms with E-state index < -0.39 is 0 Å². The molecule has 3 rings (SSSR count). The summed E-state index contributed by atoms with van der Waals surface area (Å²) < 4.78 is 0. The van der Waals surface area contributed by atoms with Crippen LogP contribution < -0.4 is 10.2 Å². The minimum atomic E-state index is -0.0166. The lowest BCUT2D eigenvalue weighted by Crippen LogP contribution is -2.38. The molecule has 1 fully saturated rings. The van der Waals surface area contributed by atoms with E-state index in [0.717, 1.165) is 19.5 Å². The predicted molar refractivity (Wildman–Crippen MR) is 112 cm³/mol. The molecule has 0 aromatic heterocycles. The second-order valence-corrected chi connectivity index (χ2v) is 7.44. The maximum Gasteiger partial charge on any atom is 0.317 e. The second kappa shape index (κ2) is 9.45. The van der Waals surface area contributed by atoms with Gasteiger partial charge in [-0.05, 0) is 55.4 Å². The fourth-order valence-electron chi connectivity index (χ4n) is 3.74. The van der Waals surface area contributed by atoms with Gasteiger partial charge in [-0.25, -0.2) is 4.79 Å². The zero-order valence-electron chi connectivity index (χ0n) is 16.6. The highest BCUT2D eigenvalue weighted by molar-refractivity contribution is 5.74. The first kappa shape index (κ1) is 19.3. The first-order valence-corrected chi connectivity index (χ1v) is 10.0. The molecule has 0 bridgehead atoms. The Morgan fingerprint density at radius 1 is 1.00 bits per heavy atom. The Balaban J connectivity index is 1.54. The SMILES string of the molecule is Cc1ccccc1CCNC(=O)N(C)Cc1ccccc1N1CCCCC1. The molecular weight excluding hydrogens is 334 g/mol. The first-order valence-electron chi connectivity index (χ1n) is 10.0. The number of nitrogens with zero attached hydrogens (tertiary/aromatic N) is 2. The van der Waals surface area contributed by atoms with E-state index >= 15 is 0 Å². The number of carbonyl (C=O) groups is 1. The maximum absolute atomic E-state index is 12.5. The van der Waals surface area contributed by atoms with E-state index in [9.17, 15) is 4.79 Å². The Morgan fingerprint density at radius 3 is 2.41 bits per heavy atom. The van der Waals surface area contributed by atoms with Crippen LogP contribution in [-0.2, 0) is 13.0 Å². The third kappa shape index (κ3) is 5.25. The highest BCUT2D eigenvalue weighted by Gasteiger charge is 2.16. The minimum Gasteiger partial charge on any atom is -0.371 e. The van der Waals surface area contributed by atoms with Crippen LogP contribution in [0.2, 0.25) is 0 Å². The number of urea groups is 1. The molecule has 0 saturated carbocycles. The molecule has 2 amide bonds. The van der Waals surface area contributed by atoms with Gasteiger partial charge in [-0.2, -0.15) is 0 Å². The Bertz CT molecular complexity index is 753. The molecule has 1 saturated heterocycles. The molecule has 0 radical (unpaired) electrons.